The SMILES string of the molecule is CC(C)CCC[C@@H](C)C1C=CC2C3CC[C@H]4CCCCC4(C)C3CCC21C. The molecule has 0 saturated heterocycles. The van der Waals surface area contributed by atoms with Gasteiger partial charge in [0, 0.05) is 0 Å². The minimum atomic E-state index is 0.566. The Balaban J connectivity index is 1.47. The molecule has 0 spiro atoms. The fraction of sp³-hybridized carbons (Fsp3) is 0.926. The molecular weight excluding hydrogens is 324 g/mol. The third kappa shape index (κ3) is 3.36. The molecule has 0 heteroatoms. The lowest BCUT2D eigenvalue weighted by Gasteiger charge is -2.60. The summed E-state index contributed by atoms with van der Waals surface area (Å²) in [5.74, 6) is 6.52. The summed E-state index contributed by atoms with van der Waals surface area (Å²) in [6, 6.07) is 0. The van der Waals surface area contributed by atoms with E-state index in [1.54, 1.807) is 0 Å². The lowest BCUT2D eigenvalue weighted by molar-refractivity contribution is -0.107. The maximum Gasteiger partial charge on any atom is -0.0142 e. The van der Waals surface area contributed by atoms with Gasteiger partial charge in [0.05, 0.1) is 0 Å². The predicted octanol–water partition coefficient (Wildman–Crippen LogP) is 8.27. The molecule has 0 radical (unpaired) electrons. The average Bonchev–Trinajstić information content (AvgIpc) is 2.98. The molecule has 3 fully saturated rings. The molecule has 0 aromatic heterocycles. The molecule has 0 bridgehead atoms. The van der Waals surface area contributed by atoms with E-state index in [2.05, 4.69) is 46.8 Å². The molecular formula is C27H46. The lowest BCUT2D eigenvalue weighted by Crippen LogP contribution is -2.53. The summed E-state index contributed by atoms with van der Waals surface area (Å²) in [6.45, 7) is 12.7. The smallest absolute Gasteiger partial charge is 0.0142 e. The molecule has 3 saturated carbocycles. The number of hydrogen-bond donors (Lipinski definition) is 0. The summed E-state index contributed by atoms with van der Waals surface area (Å²) in [5, 5.41) is 0. The van der Waals surface area contributed by atoms with Crippen LogP contribution in [0.1, 0.15) is 105 Å². The first-order chi connectivity index (χ1) is 12.9. The first kappa shape index (κ1) is 20.0. The number of hydrogen-bond acceptors (Lipinski definition) is 0. The third-order valence-electron chi connectivity index (χ3n) is 10.2. The van der Waals surface area contributed by atoms with Crippen molar-refractivity contribution in [1.29, 1.82) is 0 Å². The Labute approximate surface area is 170 Å². The van der Waals surface area contributed by atoms with Crippen LogP contribution in [0.15, 0.2) is 12.2 Å². The van der Waals surface area contributed by atoms with Crippen molar-refractivity contribution >= 4 is 0 Å². The number of fused-ring (bicyclic) bond motifs is 5. The quantitative estimate of drug-likeness (QED) is 0.427. The van der Waals surface area contributed by atoms with Gasteiger partial charge in [0.2, 0.25) is 0 Å². The highest BCUT2D eigenvalue weighted by atomic mass is 14.6. The molecule has 154 valence electrons. The van der Waals surface area contributed by atoms with Crippen LogP contribution in [0, 0.1) is 52.3 Å². The van der Waals surface area contributed by atoms with Crippen molar-refractivity contribution in [3.8, 4) is 0 Å². The molecule has 8 atom stereocenters. The Morgan fingerprint density at radius 2 is 1.67 bits per heavy atom. The van der Waals surface area contributed by atoms with E-state index in [1.165, 1.54) is 70.6 Å². The second-order valence-corrected chi connectivity index (χ2v) is 12.1. The van der Waals surface area contributed by atoms with Gasteiger partial charge >= 0.3 is 0 Å². The predicted molar refractivity (Wildman–Crippen MR) is 118 cm³/mol. The summed E-state index contributed by atoms with van der Waals surface area (Å²) in [4.78, 5) is 0. The maximum absolute atomic E-state index is 2.73. The van der Waals surface area contributed by atoms with Gasteiger partial charge in [-0.3, -0.25) is 0 Å². The zero-order valence-electron chi connectivity index (χ0n) is 19.0. The zero-order valence-corrected chi connectivity index (χ0v) is 19.0. The molecule has 4 aliphatic carbocycles. The van der Waals surface area contributed by atoms with Crippen LogP contribution in [-0.4, -0.2) is 0 Å². The van der Waals surface area contributed by atoms with Crippen LogP contribution in [-0.2, 0) is 0 Å². The molecule has 0 N–H and O–H groups in total. The second kappa shape index (κ2) is 7.53. The Hall–Kier alpha value is -0.260. The Morgan fingerprint density at radius 3 is 2.44 bits per heavy atom. The van der Waals surface area contributed by atoms with Crippen molar-refractivity contribution < 1.29 is 0 Å². The first-order valence-electron chi connectivity index (χ1n) is 12.5. The minimum absolute atomic E-state index is 0.566. The highest BCUT2D eigenvalue weighted by Crippen LogP contribution is 2.66. The molecule has 0 aliphatic heterocycles. The van der Waals surface area contributed by atoms with Gasteiger partial charge in [0.25, 0.3) is 0 Å². The van der Waals surface area contributed by atoms with E-state index in [-0.39, 0.29) is 0 Å². The van der Waals surface area contributed by atoms with Crippen LogP contribution in [0.4, 0.5) is 0 Å². The van der Waals surface area contributed by atoms with Crippen molar-refractivity contribution in [3.63, 3.8) is 0 Å². The number of rotatable bonds is 5. The van der Waals surface area contributed by atoms with Crippen molar-refractivity contribution in [2.45, 2.75) is 105 Å². The molecule has 0 heterocycles. The third-order valence-corrected chi connectivity index (χ3v) is 10.2. The van der Waals surface area contributed by atoms with Gasteiger partial charge in [-0.2, -0.15) is 0 Å². The monoisotopic (exact) mass is 370 g/mol. The van der Waals surface area contributed by atoms with E-state index in [9.17, 15) is 0 Å². The van der Waals surface area contributed by atoms with Crippen molar-refractivity contribution in [2.24, 2.45) is 52.3 Å². The van der Waals surface area contributed by atoms with Gasteiger partial charge in [0.15, 0.2) is 0 Å². The van der Waals surface area contributed by atoms with Crippen LogP contribution in [0.5, 0.6) is 0 Å². The molecule has 0 nitrogen and oxygen atoms in total. The van der Waals surface area contributed by atoms with Crippen molar-refractivity contribution in [3.05, 3.63) is 12.2 Å². The minimum Gasteiger partial charge on any atom is -0.0843 e. The highest BCUT2D eigenvalue weighted by Gasteiger charge is 2.58. The standard InChI is InChI=1S/C27H46/c1-19(2)9-8-10-20(3)23-14-15-24-22-13-12-21-11-6-7-17-26(21,4)25(22)16-18-27(23,24)5/h14-15,19-25H,6-13,16-18H2,1-5H3/t20-,21-,22?,23?,24?,25?,26?,27?/m1/s1. The molecule has 4 rings (SSSR count). The largest absolute Gasteiger partial charge is 0.0843 e. The maximum atomic E-state index is 2.73. The van der Waals surface area contributed by atoms with Crippen LogP contribution < -0.4 is 0 Å². The van der Waals surface area contributed by atoms with E-state index in [0.717, 1.165) is 41.4 Å². The molecule has 0 amide bonds. The normalized spacial score (nSPS) is 47.4. The van der Waals surface area contributed by atoms with E-state index < -0.39 is 0 Å². The fourth-order valence-electron chi connectivity index (χ4n) is 8.65. The number of allylic oxidation sites excluding steroid dienone is 2. The average molecular weight is 371 g/mol. The van der Waals surface area contributed by atoms with Crippen LogP contribution in [0.2, 0.25) is 0 Å². The van der Waals surface area contributed by atoms with Crippen LogP contribution in [0.25, 0.3) is 0 Å². The van der Waals surface area contributed by atoms with Gasteiger partial charge in [-0.1, -0.05) is 78.9 Å². The van der Waals surface area contributed by atoms with E-state index >= 15 is 0 Å². The van der Waals surface area contributed by atoms with Gasteiger partial charge in [-0.05, 0) is 90.8 Å². The van der Waals surface area contributed by atoms with Crippen molar-refractivity contribution in [1.82, 2.24) is 0 Å². The summed E-state index contributed by atoms with van der Waals surface area (Å²) < 4.78 is 0. The topological polar surface area (TPSA) is 0 Å². The molecule has 0 aromatic carbocycles. The highest BCUT2D eigenvalue weighted by molar-refractivity contribution is 5.19. The fourth-order valence-corrected chi connectivity index (χ4v) is 8.65. The zero-order chi connectivity index (χ0) is 19.2. The van der Waals surface area contributed by atoms with Crippen molar-refractivity contribution in [2.75, 3.05) is 0 Å². The second-order valence-electron chi connectivity index (χ2n) is 12.1. The summed E-state index contributed by atoms with van der Waals surface area (Å²) in [6.07, 6.45) is 21.9. The summed E-state index contributed by atoms with van der Waals surface area (Å²) in [7, 11) is 0. The Bertz CT molecular complexity index is 544. The first-order valence-corrected chi connectivity index (χ1v) is 12.5. The van der Waals surface area contributed by atoms with E-state index in [1.807, 2.05) is 0 Å². The lowest BCUT2D eigenvalue weighted by atomic mass is 9.44. The van der Waals surface area contributed by atoms with Crippen LogP contribution in [0.3, 0.4) is 0 Å². The Kier molecular flexibility index (Phi) is 5.59. The molecule has 6 unspecified atom stereocenters. The molecule has 0 aromatic rings. The van der Waals surface area contributed by atoms with E-state index in [4.69, 9.17) is 0 Å². The van der Waals surface area contributed by atoms with Gasteiger partial charge in [0.1, 0.15) is 0 Å². The van der Waals surface area contributed by atoms with Gasteiger partial charge in [-0.25, -0.2) is 0 Å². The van der Waals surface area contributed by atoms with Gasteiger partial charge in [-0.15, -0.1) is 0 Å². The van der Waals surface area contributed by atoms with Gasteiger partial charge < -0.3 is 0 Å². The Morgan fingerprint density at radius 1 is 0.852 bits per heavy atom. The van der Waals surface area contributed by atoms with Crippen LogP contribution >= 0.6 is 0 Å². The summed E-state index contributed by atoms with van der Waals surface area (Å²) >= 11 is 0. The van der Waals surface area contributed by atoms with E-state index in [0.29, 0.717) is 10.8 Å². The summed E-state index contributed by atoms with van der Waals surface area (Å²) in [5.41, 5.74) is 1.24. The molecule has 4 aliphatic rings. The molecule has 27 heavy (non-hydrogen) atoms.